The number of hydrogen-bond acceptors (Lipinski definition) is 8. The molecule has 0 aliphatic carbocycles. The Morgan fingerprint density at radius 3 is 2.49 bits per heavy atom. The number of Topliss-reactive ketones (excluding diaryl/α,β-unsaturated/α-hetero) is 1. The highest BCUT2D eigenvalue weighted by atomic mass is 35.5. The van der Waals surface area contributed by atoms with E-state index in [0.717, 1.165) is 36.0 Å². The zero-order chi connectivity index (χ0) is 30.5. The molecule has 1 saturated heterocycles. The van der Waals surface area contributed by atoms with E-state index < -0.39 is 17.7 Å². The van der Waals surface area contributed by atoms with Crippen molar-refractivity contribution in [2.45, 2.75) is 56.2 Å². The zero-order valence-electron chi connectivity index (χ0n) is 24.2. The second kappa shape index (κ2) is 13.8. The van der Waals surface area contributed by atoms with Crippen LogP contribution in [0, 0.1) is 13.8 Å². The average molecular weight is 634 g/mol. The Morgan fingerprint density at radius 2 is 1.77 bits per heavy atom. The molecule has 222 valence electrons. The largest absolute Gasteiger partial charge is 0.507 e. The van der Waals surface area contributed by atoms with E-state index >= 15 is 0 Å². The van der Waals surface area contributed by atoms with E-state index in [1.54, 1.807) is 0 Å². The molecule has 3 aromatic carbocycles. The molecule has 0 saturated carbocycles. The van der Waals surface area contributed by atoms with E-state index in [2.05, 4.69) is 17.1 Å². The second-order valence-corrected chi connectivity index (χ2v) is 13.0. The van der Waals surface area contributed by atoms with E-state index in [1.807, 2.05) is 80.6 Å². The van der Waals surface area contributed by atoms with Crippen LogP contribution < -0.4 is 9.64 Å². The van der Waals surface area contributed by atoms with Crippen LogP contribution in [-0.4, -0.2) is 33.6 Å². The zero-order valence-corrected chi connectivity index (χ0v) is 26.6. The standard InChI is InChI=1S/C33H32ClN3O4S2/c1-4-5-6-17-41-25-15-11-23(12-16-25)28-27(29(38)26-18-20(2)7-8-21(26)3)30(39)31(40)37(28)32-35-36-33(43-32)42-19-22-9-13-24(34)14-10-22/h7-16,18,28,38H,4-6,17,19H2,1-3H3. The number of ether oxygens (including phenoxy) is 1. The third kappa shape index (κ3) is 6.95. The molecular weight excluding hydrogens is 602 g/mol. The van der Waals surface area contributed by atoms with Crippen LogP contribution in [0.4, 0.5) is 5.13 Å². The van der Waals surface area contributed by atoms with E-state index in [9.17, 15) is 14.7 Å². The highest BCUT2D eigenvalue weighted by Crippen LogP contribution is 2.44. The normalized spacial score (nSPS) is 16.2. The molecule has 43 heavy (non-hydrogen) atoms. The lowest BCUT2D eigenvalue weighted by atomic mass is 9.93. The number of nitrogens with zero attached hydrogens (tertiary/aromatic N) is 3. The molecule has 0 radical (unpaired) electrons. The van der Waals surface area contributed by atoms with E-state index in [4.69, 9.17) is 16.3 Å². The first-order valence-electron chi connectivity index (χ1n) is 14.1. The maximum absolute atomic E-state index is 13.6. The van der Waals surface area contributed by atoms with Crippen molar-refractivity contribution in [3.8, 4) is 5.75 Å². The first-order valence-corrected chi connectivity index (χ1v) is 16.3. The van der Waals surface area contributed by atoms with Crippen molar-refractivity contribution in [2.75, 3.05) is 11.5 Å². The van der Waals surface area contributed by atoms with Crippen LogP contribution in [0.2, 0.25) is 5.02 Å². The Bertz CT molecular complexity index is 1650. The van der Waals surface area contributed by atoms with E-state index in [-0.39, 0.29) is 16.5 Å². The molecule has 0 spiro atoms. The first kappa shape index (κ1) is 30.8. The van der Waals surface area contributed by atoms with Gasteiger partial charge in [-0.1, -0.05) is 96.4 Å². The number of carbonyl (C=O) groups excluding carboxylic acids is 2. The van der Waals surface area contributed by atoms with Gasteiger partial charge < -0.3 is 9.84 Å². The van der Waals surface area contributed by atoms with Crippen LogP contribution in [-0.2, 0) is 15.3 Å². The summed E-state index contributed by atoms with van der Waals surface area (Å²) in [6.45, 7) is 6.53. The molecule has 1 aliphatic rings. The number of amides is 1. The number of aryl methyl sites for hydroxylation is 2. The third-order valence-corrected chi connectivity index (χ3v) is 9.56. The SMILES string of the molecule is CCCCCOc1ccc(C2C(=C(O)c3cc(C)ccc3C)C(=O)C(=O)N2c2nnc(SCc3ccc(Cl)cc3)s2)cc1. The molecule has 1 N–H and O–H groups in total. The van der Waals surface area contributed by atoms with Crippen molar-refractivity contribution < 1.29 is 19.4 Å². The Labute approximate surface area is 264 Å². The van der Waals surface area contributed by atoms with Gasteiger partial charge >= 0.3 is 5.91 Å². The van der Waals surface area contributed by atoms with Gasteiger partial charge in [-0.2, -0.15) is 0 Å². The number of carbonyl (C=O) groups is 2. The quantitative estimate of drug-likeness (QED) is 0.0443. The number of aliphatic hydroxyl groups excluding tert-OH is 1. The van der Waals surface area contributed by atoms with Crippen molar-refractivity contribution in [1.29, 1.82) is 0 Å². The minimum absolute atomic E-state index is 0.0147. The summed E-state index contributed by atoms with van der Waals surface area (Å²) in [6.07, 6.45) is 3.16. The lowest BCUT2D eigenvalue weighted by Crippen LogP contribution is -2.29. The summed E-state index contributed by atoms with van der Waals surface area (Å²) in [5.74, 6) is -0.409. The number of unbranched alkanes of at least 4 members (excludes halogenated alkanes) is 2. The van der Waals surface area contributed by atoms with Gasteiger partial charge in [-0.3, -0.25) is 14.5 Å². The Hall–Kier alpha value is -3.66. The number of hydrogen-bond donors (Lipinski definition) is 1. The van der Waals surface area contributed by atoms with Crippen molar-refractivity contribution >= 4 is 57.3 Å². The molecule has 2 heterocycles. The fraction of sp³-hybridized carbons (Fsp3) is 0.273. The summed E-state index contributed by atoms with van der Waals surface area (Å²) in [7, 11) is 0. The van der Waals surface area contributed by atoms with Crippen LogP contribution >= 0.6 is 34.7 Å². The summed E-state index contributed by atoms with van der Waals surface area (Å²) >= 11 is 8.71. The molecule has 1 aromatic heterocycles. The monoisotopic (exact) mass is 633 g/mol. The molecule has 1 amide bonds. The van der Waals surface area contributed by atoms with Crippen LogP contribution in [0.3, 0.4) is 0 Å². The lowest BCUT2D eigenvalue weighted by molar-refractivity contribution is -0.132. The number of halogens is 1. The van der Waals surface area contributed by atoms with Gasteiger partial charge in [-0.05, 0) is 67.3 Å². The van der Waals surface area contributed by atoms with E-state index in [0.29, 0.717) is 38.6 Å². The van der Waals surface area contributed by atoms with Gasteiger partial charge in [0, 0.05) is 16.3 Å². The summed E-state index contributed by atoms with van der Waals surface area (Å²) in [5.41, 5.74) is 3.96. The number of aliphatic hydroxyl groups is 1. The number of thioether (sulfide) groups is 1. The minimum atomic E-state index is -0.892. The molecule has 1 fully saturated rings. The fourth-order valence-electron chi connectivity index (χ4n) is 4.85. The molecule has 7 nitrogen and oxygen atoms in total. The summed E-state index contributed by atoms with van der Waals surface area (Å²) in [4.78, 5) is 28.6. The molecule has 1 unspecified atom stereocenters. The van der Waals surface area contributed by atoms with Crippen molar-refractivity contribution in [3.63, 3.8) is 0 Å². The van der Waals surface area contributed by atoms with Crippen LogP contribution in [0.1, 0.15) is 60.0 Å². The number of benzene rings is 3. The first-order chi connectivity index (χ1) is 20.8. The number of ketones is 1. The second-order valence-electron chi connectivity index (χ2n) is 10.4. The van der Waals surface area contributed by atoms with Gasteiger partial charge in [-0.25, -0.2) is 0 Å². The smallest absolute Gasteiger partial charge is 0.301 e. The van der Waals surface area contributed by atoms with Crippen LogP contribution in [0.5, 0.6) is 5.75 Å². The molecule has 1 aliphatic heterocycles. The van der Waals surface area contributed by atoms with Crippen molar-refractivity contribution in [1.82, 2.24) is 10.2 Å². The maximum atomic E-state index is 13.6. The van der Waals surface area contributed by atoms with E-state index in [1.165, 1.54) is 28.0 Å². The summed E-state index contributed by atoms with van der Waals surface area (Å²) in [6, 6.07) is 19.6. The highest BCUT2D eigenvalue weighted by Gasteiger charge is 2.48. The molecule has 0 bridgehead atoms. The van der Waals surface area contributed by atoms with Crippen molar-refractivity contribution in [3.05, 3.63) is 105 Å². The lowest BCUT2D eigenvalue weighted by Gasteiger charge is -2.23. The minimum Gasteiger partial charge on any atom is -0.507 e. The topological polar surface area (TPSA) is 92.6 Å². The molecule has 4 aromatic rings. The van der Waals surface area contributed by atoms with Gasteiger partial charge in [-0.15, -0.1) is 10.2 Å². The average Bonchev–Trinajstić information content (AvgIpc) is 3.58. The van der Waals surface area contributed by atoms with Gasteiger partial charge in [0.15, 0.2) is 4.34 Å². The number of aromatic nitrogens is 2. The molecular formula is C33H32ClN3O4S2. The predicted octanol–water partition coefficient (Wildman–Crippen LogP) is 8.30. The summed E-state index contributed by atoms with van der Waals surface area (Å²) < 4.78 is 6.53. The van der Waals surface area contributed by atoms with Crippen LogP contribution in [0.15, 0.2) is 76.6 Å². The third-order valence-electron chi connectivity index (χ3n) is 7.18. The fourth-order valence-corrected chi connectivity index (χ4v) is 6.80. The van der Waals surface area contributed by atoms with Gasteiger partial charge in [0.25, 0.3) is 5.78 Å². The van der Waals surface area contributed by atoms with Crippen LogP contribution in [0.25, 0.3) is 5.76 Å². The van der Waals surface area contributed by atoms with Gasteiger partial charge in [0.05, 0.1) is 18.2 Å². The maximum Gasteiger partial charge on any atom is 0.301 e. The number of rotatable bonds is 11. The molecule has 10 heteroatoms. The number of anilines is 1. The Morgan fingerprint density at radius 1 is 1.02 bits per heavy atom. The van der Waals surface area contributed by atoms with Gasteiger partial charge in [0.1, 0.15) is 11.5 Å². The van der Waals surface area contributed by atoms with Crippen molar-refractivity contribution in [2.24, 2.45) is 0 Å². The highest BCUT2D eigenvalue weighted by molar-refractivity contribution is 8.00. The predicted molar refractivity (Wildman–Crippen MR) is 173 cm³/mol. The van der Waals surface area contributed by atoms with Gasteiger partial charge in [0.2, 0.25) is 5.13 Å². The molecule has 5 rings (SSSR count). The Kier molecular flexibility index (Phi) is 9.85. The summed E-state index contributed by atoms with van der Waals surface area (Å²) in [5, 5.41) is 21.1. The molecule has 1 atom stereocenters. The Balaban J connectivity index is 1.51.